The SMILES string of the molecule is Cc1cccc(NS(=O)(=O)c2sccc2Br)c1. The fraction of sp³-hybridized carbons (Fsp3) is 0.0909. The maximum Gasteiger partial charge on any atom is 0.272 e. The van der Waals surface area contributed by atoms with Gasteiger partial charge in [0.1, 0.15) is 0 Å². The van der Waals surface area contributed by atoms with E-state index in [-0.39, 0.29) is 0 Å². The minimum absolute atomic E-state index is 0.291. The van der Waals surface area contributed by atoms with Gasteiger partial charge in [-0.1, -0.05) is 12.1 Å². The van der Waals surface area contributed by atoms with Crippen molar-refractivity contribution in [2.75, 3.05) is 4.72 Å². The van der Waals surface area contributed by atoms with Gasteiger partial charge in [0, 0.05) is 10.2 Å². The van der Waals surface area contributed by atoms with Gasteiger partial charge in [0.2, 0.25) is 0 Å². The first-order valence-corrected chi connectivity index (χ1v) is 7.97. The number of rotatable bonds is 3. The summed E-state index contributed by atoms with van der Waals surface area (Å²) in [5, 5.41) is 1.73. The van der Waals surface area contributed by atoms with Gasteiger partial charge >= 0.3 is 0 Å². The van der Waals surface area contributed by atoms with Crippen molar-refractivity contribution in [1.82, 2.24) is 0 Å². The van der Waals surface area contributed by atoms with Crippen LogP contribution in [0, 0.1) is 6.92 Å². The van der Waals surface area contributed by atoms with Crippen LogP contribution in [-0.2, 0) is 10.0 Å². The lowest BCUT2D eigenvalue weighted by Crippen LogP contribution is -2.11. The van der Waals surface area contributed by atoms with E-state index in [1.807, 2.05) is 19.1 Å². The van der Waals surface area contributed by atoms with E-state index in [4.69, 9.17) is 0 Å². The van der Waals surface area contributed by atoms with Crippen molar-refractivity contribution in [1.29, 1.82) is 0 Å². The summed E-state index contributed by atoms with van der Waals surface area (Å²) in [6.45, 7) is 1.92. The van der Waals surface area contributed by atoms with Crippen molar-refractivity contribution < 1.29 is 8.42 Å². The van der Waals surface area contributed by atoms with Crippen molar-refractivity contribution in [3.63, 3.8) is 0 Å². The van der Waals surface area contributed by atoms with Crippen molar-refractivity contribution >= 4 is 43.0 Å². The number of hydrogen-bond acceptors (Lipinski definition) is 3. The molecule has 0 atom stereocenters. The summed E-state index contributed by atoms with van der Waals surface area (Å²) in [4.78, 5) is 0. The van der Waals surface area contributed by atoms with Crippen LogP contribution in [0.4, 0.5) is 5.69 Å². The van der Waals surface area contributed by atoms with Gasteiger partial charge in [-0.2, -0.15) is 0 Å². The molecule has 0 unspecified atom stereocenters. The molecule has 0 aliphatic heterocycles. The van der Waals surface area contributed by atoms with Crippen molar-refractivity contribution in [2.45, 2.75) is 11.1 Å². The molecule has 6 heteroatoms. The highest BCUT2D eigenvalue weighted by atomic mass is 79.9. The molecular formula is C11H10BrNO2S2. The maximum absolute atomic E-state index is 12.1. The van der Waals surface area contributed by atoms with Crippen LogP contribution in [0.3, 0.4) is 0 Å². The van der Waals surface area contributed by atoms with E-state index < -0.39 is 10.0 Å². The van der Waals surface area contributed by atoms with Crippen LogP contribution in [-0.4, -0.2) is 8.42 Å². The molecule has 1 aromatic carbocycles. The Balaban J connectivity index is 2.33. The predicted molar refractivity (Wildman–Crippen MR) is 74.0 cm³/mol. The Hall–Kier alpha value is -0.850. The quantitative estimate of drug-likeness (QED) is 0.933. The molecule has 0 saturated carbocycles. The van der Waals surface area contributed by atoms with E-state index in [0.717, 1.165) is 5.56 Å². The Morgan fingerprint density at radius 3 is 2.65 bits per heavy atom. The number of halogens is 1. The largest absolute Gasteiger partial charge is 0.279 e. The number of nitrogens with one attached hydrogen (secondary N) is 1. The van der Waals surface area contributed by atoms with Gasteiger partial charge in [0.05, 0.1) is 0 Å². The van der Waals surface area contributed by atoms with Crippen LogP contribution < -0.4 is 4.72 Å². The lowest BCUT2D eigenvalue weighted by atomic mass is 10.2. The van der Waals surface area contributed by atoms with Crippen LogP contribution in [0.1, 0.15) is 5.56 Å². The van der Waals surface area contributed by atoms with Crippen molar-refractivity contribution in [3.05, 3.63) is 45.7 Å². The zero-order valence-electron chi connectivity index (χ0n) is 8.98. The molecule has 0 fully saturated rings. The first-order chi connectivity index (χ1) is 7.99. The minimum atomic E-state index is -3.50. The van der Waals surface area contributed by atoms with Gasteiger partial charge in [-0.15, -0.1) is 11.3 Å². The van der Waals surface area contributed by atoms with Crippen molar-refractivity contribution in [2.24, 2.45) is 0 Å². The molecule has 2 aromatic rings. The van der Waals surface area contributed by atoms with Gasteiger partial charge in [0.25, 0.3) is 10.0 Å². The Bertz CT molecular complexity index is 634. The van der Waals surface area contributed by atoms with Crippen LogP contribution in [0.25, 0.3) is 0 Å². The standard InChI is InChI=1S/C11H10BrNO2S2/c1-8-3-2-4-9(7-8)13-17(14,15)11-10(12)5-6-16-11/h2-7,13H,1H3. The van der Waals surface area contributed by atoms with E-state index in [1.165, 1.54) is 11.3 Å². The molecule has 90 valence electrons. The third kappa shape index (κ3) is 2.88. The second-order valence-corrected chi connectivity index (χ2v) is 7.18. The summed E-state index contributed by atoms with van der Waals surface area (Å²) < 4.78 is 27.6. The van der Waals surface area contributed by atoms with E-state index in [9.17, 15) is 8.42 Å². The van der Waals surface area contributed by atoms with Crippen molar-refractivity contribution in [3.8, 4) is 0 Å². The summed E-state index contributed by atoms with van der Waals surface area (Å²) in [7, 11) is -3.50. The monoisotopic (exact) mass is 331 g/mol. The summed E-state index contributed by atoms with van der Waals surface area (Å²) in [6, 6.07) is 8.97. The average Bonchev–Trinajstić information content (AvgIpc) is 2.64. The molecule has 2 rings (SSSR count). The first-order valence-electron chi connectivity index (χ1n) is 4.81. The molecule has 0 radical (unpaired) electrons. The van der Waals surface area contributed by atoms with Crippen LogP contribution >= 0.6 is 27.3 Å². The molecule has 0 bridgehead atoms. The third-order valence-electron chi connectivity index (χ3n) is 2.10. The lowest BCUT2D eigenvalue weighted by molar-refractivity contribution is 0.603. The number of hydrogen-bond donors (Lipinski definition) is 1. The summed E-state index contributed by atoms with van der Waals surface area (Å²) in [6.07, 6.45) is 0. The summed E-state index contributed by atoms with van der Waals surface area (Å²) in [5.41, 5.74) is 1.58. The number of sulfonamides is 1. The van der Waals surface area contributed by atoms with Gasteiger partial charge in [-0.05, 0) is 52.0 Å². The zero-order valence-corrected chi connectivity index (χ0v) is 12.2. The predicted octanol–water partition coefficient (Wildman–Crippen LogP) is 3.62. The molecule has 0 aliphatic carbocycles. The van der Waals surface area contributed by atoms with Crippen LogP contribution in [0.5, 0.6) is 0 Å². The van der Waals surface area contributed by atoms with Crippen LogP contribution in [0.2, 0.25) is 0 Å². The molecule has 0 aliphatic rings. The van der Waals surface area contributed by atoms with E-state index >= 15 is 0 Å². The smallest absolute Gasteiger partial charge is 0.272 e. The molecule has 1 N–H and O–H groups in total. The van der Waals surface area contributed by atoms with E-state index in [2.05, 4.69) is 20.7 Å². The fourth-order valence-electron chi connectivity index (χ4n) is 1.38. The highest BCUT2D eigenvalue weighted by molar-refractivity contribution is 9.10. The highest BCUT2D eigenvalue weighted by Gasteiger charge is 2.19. The Morgan fingerprint density at radius 1 is 1.29 bits per heavy atom. The molecule has 1 heterocycles. The maximum atomic E-state index is 12.1. The van der Waals surface area contributed by atoms with Gasteiger partial charge < -0.3 is 0 Å². The minimum Gasteiger partial charge on any atom is -0.279 e. The molecule has 0 amide bonds. The average molecular weight is 332 g/mol. The molecule has 17 heavy (non-hydrogen) atoms. The third-order valence-corrected chi connectivity index (χ3v) is 6.15. The topological polar surface area (TPSA) is 46.2 Å². The molecule has 0 spiro atoms. The molecule has 0 saturated heterocycles. The molecular weight excluding hydrogens is 322 g/mol. The molecule has 1 aromatic heterocycles. The van der Waals surface area contributed by atoms with Gasteiger partial charge in [0.15, 0.2) is 4.21 Å². The Labute approximate surface area is 113 Å². The normalized spacial score (nSPS) is 11.4. The van der Waals surface area contributed by atoms with E-state index in [0.29, 0.717) is 14.4 Å². The first kappa shape index (κ1) is 12.6. The van der Waals surface area contributed by atoms with Gasteiger partial charge in [-0.25, -0.2) is 8.42 Å². The summed E-state index contributed by atoms with van der Waals surface area (Å²) >= 11 is 4.40. The van der Waals surface area contributed by atoms with Crippen LogP contribution in [0.15, 0.2) is 44.4 Å². The number of thiophene rings is 1. The summed E-state index contributed by atoms with van der Waals surface area (Å²) in [5.74, 6) is 0. The van der Waals surface area contributed by atoms with E-state index in [1.54, 1.807) is 23.6 Å². The fourth-order valence-corrected chi connectivity index (χ4v) is 4.77. The second-order valence-electron chi connectivity index (χ2n) is 3.53. The second kappa shape index (κ2) is 4.80. The number of aryl methyl sites for hydroxylation is 1. The number of benzene rings is 1. The van der Waals surface area contributed by atoms with Gasteiger partial charge in [-0.3, -0.25) is 4.72 Å². The molecule has 3 nitrogen and oxygen atoms in total. The number of anilines is 1. The Morgan fingerprint density at radius 2 is 2.06 bits per heavy atom. The zero-order chi connectivity index (χ0) is 12.5. The highest BCUT2D eigenvalue weighted by Crippen LogP contribution is 2.29. The Kier molecular flexibility index (Phi) is 3.56. The lowest BCUT2D eigenvalue weighted by Gasteiger charge is -2.07.